The molecule has 0 aliphatic carbocycles. The highest BCUT2D eigenvalue weighted by atomic mass is 35.5. The molecule has 2 aromatic rings. The van der Waals surface area contributed by atoms with E-state index < -0.39 is 11.6 Å². The fraction of sp³-hybridized carbons (Fsp3) is 0.409. The first-order valence-corrected chi connectivity index (χ1v) is 11.1. The van der Waals surface area contributed by atoms with Crippen molar-refractivity contribution in [3.63, 3.8) is 0 Å². The van der Waals surface area contributed by atoms with E-state index in [4.69, 9.17) is 21.1 Å². The fourth-order valence-electron chi connectivity index (χ4n) is 3.33. The first kappa shape index (κ1) is 23.1. The molecule has 1 aromatic heterocycles. The van der Waals surface area contributed by atoms with Crippen LogP contribution in [0.25, 0.3) is 0 Å². The number of hydrogen-bond donors (Lipinski definition) is 1. The molecule has 1 aliphatic heterocycles. The van der Waals surface area contributed by atoms with E-state index in [0.29, 0.717) is 27.0 Å². The highest BCUT2D eigenvalue weighted by molar-refractivity contribution is 7.16. The number of ether oxygens (including phenoxy) is 2. The maximum atomic E-state index is 12.9. The van der Waals surface area contributed by atoms with Crippen LogP contribution in [0.4, 0.5) is 10.7 Å². The Morgan fingerprint density at radius 3 is 2.68 bits per heavy atom. The molecule has 7 nitrogen and oxygen atoms in total. The summed E-state index contributed by atoms with van der Waals surface area (Å²) in [6, 6.07) is 5.05. The van der Waals surface area contributed by atoms with Gasteiger partial charge in [0, 0.05) is 22.9 Å². The molecule has 0 unspecified atom stereocenters. The van der Waals surface area contributed by atoms with Crippen molar-refractivity contribution in [1.29, 1.82) is 0 Å². The van der Waals surface area contributed by atoms with E-state index in [1.165, 1.54) is 16.2 Å². The number of fused-ring (bicyclic) bond motifs is 1. The molecule has 31 heavy (non-hydrogen) atoms. The zero-order valence-corrected chi connectivity index (χ0v) is 19.7. The monoisotopic (exact) mass is 464 g/mol. The van der Waals surface area contributed by atoms with Crippen molar-refractivity contribution in [2.75, 3.05) is 23.4 Å². The van der Waals surface area contributed by atoms with E-state index in [0.717, 1.165) is 10.4 Å². The molecule has 1 aromatic carbocycles. The van der Waals surface area contributed by atoms with E-state index in [2.05, 4.69) is 5.32 Å². The molecule has 0 bridgehead atoms. The summed E-state index contributed by atoms with van der Waals surface area (Å²) in [4.78, 5) is 40.4. The smallest absolute Gasteiger partial charge is 0.341 e. The van der Waals surface area contributed by atoms with E-state index in [1.807, 2.05) is 13.8 Å². The molecule has 2 heterocycles. The van der Waals surface area contributed by atoms with Crippen molar-refractivity contribution in [1.82, 2.24) is 0 Å². The molecule has 0 saturated carbocycles. The highest BCUT2D eigenvalue weighted by Crippen LogP contribution is 2.39. The average Bonchev–Trinajstić information content (AvgIpc) is 2.96. The van der Waals surface area contributed by atoms with Crippen molar-refractivity contribution < 1.29 is 23.9 Å². The Morgan fingerprint density at radius 1 is 1.29 bits per heavy atom. The zero-order chi connectivity index (χ0) is 22.9. The maximum absolute atomic E-state index is 12.9. The molecule has 1 aliphatic rings. The number of esters is 1. The van der Waals surface area contributed by atoms with Gasteiger partial charge in [0.2, 0.25) is 5.91 Å². The molecular weight excluding hydrogens is 440 g/mol. The van der Waals surface area contributed by atoms with E-state index in [-0.39, 0.29) is 31.4 Å². The molecule has 0 fully saturated rings. The Kier molecular flexibility index (Phi) is 6.62. The number of rotatable bonds is 6. The van der Waals surface area contributed by atoms with Gasteiger partial charge in [0.25, 0.3) is 5.91 Å². The minimum atomic E-state index is -1.06. The van der Waals surface area contributed by atoms with Crippen molar-refractivity contribution in [3.8, 4) is 5.75 Å². The van der Waals surface area contributed by atoms with Gasteiger partial charge in [0.05, 0.1) is 17.9 Å². The second kappa shape index (κ2) is 8.88. The van der Waals surface area contributed by atoms with Gasteiger partial charge in [-0.1, -0.05) is 11.6 Å². The van der Waals surface area contributed by atoms with Crippen LogP contribution in [-0.4, -0.2) is 36.5 Å². The quantitative estimate of drug-likeness (QED) is 0.625. The summed E-state index contributed by atoms with van der Waals surface area (Å²) >= 11 is 7.43. The minimum Gasteiger partial charge on any atom is -0.476 e. The topological polar surface area (TPSA) is 84.9 Å². The third-order valence-electron chi connectivity index (χ3n) is 5.02. The molecular formula is C22H25ClN2O5S. The van der Waals surface area contributed by atoms with Crippen LogP contribution in [0.1, 0.15) is 48.0 Å². The van der Waals surface area contributed by atoms with Gasteiger partial charge in [-0.3, -0.25) is 9.59 Å². The summed E-state index contributed by atoms with van der Waals surface area (Å²) in [6.45, 7) is 9.19. The van der Waals surface area contributed by atoms with Crippen LogP contribution in [0.2, 0.25) is 5.02 Å². The summed E-state index contributed by atoms with van der Waals surface area (Å²) in [6.07, 6.45) is 0.0338. The number of benzene rings is 1. The fourth-order valence-corrected chi connectivity index (χ4v) is 4.56. The lowest BCUT2D eigenvalue weighted by Crippen LogP contribution is -2.53. The standard InChI is InChI=1S/C22H25ClN2O5S/c1-6-29-20(27)18-12(2)13(3)31-19(18)24-17(26)9-10-25-15-11-14(23)7-8-16(15)30-22(4,5)21(25)28/h7-8,11H,6,9-10H2,1-5H3,(H,24,26). The summed E-state index contributed by atoms with van der Waals surface area (Å²) < 4.78 is 10.9. The number of aryl methyl sites for hydroxylation is 1. The molecule has 3 rings (SSSR count). The van der Waals surface area contributed by atoms with Crippen molar-refractivity contribution in [2.24, 2.45) is 0 Å². The molecule has 166 valence electrons. The second-order valence-corrected chi connectivity index (χ2v) is 9.35. The molecule has 0 radical (unpaired) electrons. The van der Waals surface area contributed by atoms with Crippen LogP contribution >= 0.6 is 22.9 Å². The van der Waals surface area contributed by atoms with E-state index in [9.17, 15) is 14.4 Å². The van der Waals surface area contributed by atoms with E-state index in [1.54, 1.807) is 39.0 Å². The lowest BCUT2D eigenvalue weighted by atomic mass is 10.0. The van der Waals surface area contributed by atoms with Crippen molar-refractivity contribution >= 4 is 51.4 Å². The summed E-state index contributed by atoms with van der Waals surface area (Å²) in [7, 11) is 0. The van der Waals surface area contributed by atoms with Crippen LogP contribution in [0.15, 0.2) is 18.2 Å². The minimum absolute atomic E-state index is 0.0338. The number of nitrogens with zero attached hydrogens (tertiary/aromatic N) is 1. The highest BCUT2D eigenvalue weighted by Gasteiger charge is 2.41. The third kappa shape index (κ3) is 4.70. The second-order valence-electron chi connectivity index (χ2n) is 7.69. The van der Waals surface area contributed by atoms with Gasteiger partial charge in [-0.25, -0.2) is 4.79 Å². The van der Waals surface area contributed by atoms with Gasteiger partial charge in [-0.15, -0.1) is 11.3 Å². The third-order valence-corrected chi connectivity index (χ3v) is 6.38. The lowest BCUT2D eigenvalue weighted by molar-refractivity contribution is -0.132. The molecule has 1 N–H and O–H groups in total. The number of amides is 2. The Bertz CT molecular complexity index is 1050. The van der Waals surface area contributed by atoms with Gasteiger partial charge in [0.15, 0.2) is 5.60 Å². The summed E-state index contributed by atoms with van der Waals surface area (Å²) in [5.74, 6) is -0.505. The molecule has 0 atom stereocenters. The summed E-state index contributed by atoms with van der Waals surface area (Å²) in [5, 5.41) is 3.73. The predicted molar refractivity (Wildman–Crippen MR) is 122 cm³/mol. The van der Waals surface area contributed by atoms with Crippen molar-refractivity contribution in [2.45, 2.75) is 46.6 Å². The van der Waals surface area contributed by atoms with Gasteiger partial charge >= 0.3 is 5.97 Å². The maximum Gasteiger partial charge on any atom is 0.341 e. The normalized spacial score (nSPS) is 14.6. The number of carbonyl (C=O) groups is 3. The zero-order valence-electron chi connectivity index (χ0n) is 18.1. The summed E-state index contributed by atoms with van der Waals surface area (Å²) in [5.41, 5.74) is 0.626. The average molecular weight is 465 g/mol. The van der Waals surface area contributed by atoms with E-state index >= 15 is 0 Å². The first-order chi connectivity index (χ1) is 14.5. The first-order valence-electron chi connectivity index (χ1n) is 9.92. The molecule has 9 heteroatoms. The Balaban J connectivity index is 1.77. The number of nitrogens with one attached hydrogen (secondary N) is 1. The molecule has 0 saturated heterocycles. The van der Waals surface area contributed by atoms with Crippen LogP contribution in [0.5, 0.6) is 5.75 Å². The van der Waals surface area contributed by atoms with Gasteiger partial charge in [0.1, 0.15) is 10.8 Å². The Morgan fingerprint density at radius 2 is 2.00 bits per heavy atom. The van der Waals surface area contributed by atoms with Crippen LogP contribution < -0.4 is 15.0 Å². The molecule has 0 spiro atoms. The Hall–Kier alpha value is -2.58. The SMILES string of the molecule is CCOC(=O)c1c(NC(=O)CCN2C(=O)C(C)(C)Oc3ccc(Cl)cc32)sc(C)c1C. The number of thiophene rings is 1. The van der Waals surface area contributed by atoms with Gasteiger partial charge in [-0.05, 0) is 58.4 Å². The largest absolute Gasteiger partial charge is 0.476 e. The van der Waals surface area contributed by atoms with Crippen LogP contribution in [-0.2, 0) is 14.3 Å². The lowest BCUT2D eigenvalue weighted by Gasteiger charge is -2.38. The number of carbonyl (C=O) groups excluding carboxylic acids is 3. The van der Waals surface area contributed by atoms with Gasteiger partial charge < -0.3 is 19.7 Å². The number of anilines is 2. The van der Waals surface area contributed by atoms with Crippen LogP contribution in [0.3, 0.4) is 0 Å². The molecule has 2 amide bonds. The van der Waals surface area contributed by atoms with Gasteiger partial charge in [-0.2, -0.15) is 0 Å². The predicted octanol–water partition coefficient (Wildman–Crippen LogP) is 4.73. The number of hydrogen-bond acceptors (Lipinski definition) is 6. The van der Waals surface area contributed by atoms with Crippen LogP contribution in [0, 0.1) is 13.8 Å². The van der Waals surface area contributed by atoms with Crippen molar-refractivity contribution in [3.05, 3.63) is 39.2 Å². The Labute approximate surface area is 190 Å². The number of halogens is 1.